The van der Waals surface area contributed by atoms with Crippen molar-refractivity contribution in [1.29, 1.82) is 0 Å². The van der Waals surface area contributed by atoms with Gasteiger partial charge in [0.1, 0.15) is 0 Å². The van der Waals surface area contributed by atoms with Crippen molar-refractivity contribution in [3.05, 3.63) is 11.7 Å². The second-order valence-corrected chi connectivity index (χ2v) is 4.77. The van der Waals surface area contributed by atoms with E-state index in [1.807, 2.05) is 13.8 Å². The molecule has 0 atom stereocenters. The minimum absolute atomic E-state index is 0.415. The Hall–Kier alpha value is -0.940. The zero-order valence-corrected chi connectivity index (χ0v) is 9.96. The van der Waals surface area contributed by atoms with Gasteiger partial charge in [-0.15, -0.1) is 0 Å². The largest absolute Gasteiger partial charge is 0.389 e. The Morgan fingerprint density at radius 3 is 2.33 bits per heavy atom. The van der Waals surface area contributed by atoms with Crippen LogP contribution < -0.4 is 5.32 Å². The van der Waals surface area contributed by atoms with Crippen LogP contribution in [-0.2, 0) is 6.54 Å². The van der Waals surface area contributed by atoms with E-state index in [9.17, 15) is 5.11 Å². The molecule has 2 N–H and O–H groups in total. The highest BCUT2D eigenvalue weighted by Gasteiger charge is 2.34. The molecular weight excluding hydrogens is 194 g/mol. The first-order valence-corrected chi connectivity index (χ1v) is 4.99. The highest BCUT2D eigenvalue weighted by Crippen LogP contribution is 2.20. The molecule has 86 valence electrons. The molecule has 0 aliphatic heterocycles. The molecule has 1 rings (SSSR count). The predicted octanol–water partition coefficient (Wildman–Crippen LogP) is 1.02. The Labute approximate surface area is 89.9 Å². The highest BCUT2D eigenvalue weighted by atomic mass is 16.5. The fraction of sp³-hybridized carbons (Fsp3) is 0.800. The summed E-state index contributed by atoms with van der Waals surface area (Å²) in [5, 5.41) is 16.9. The van der Waals surface area contributed by atoms with Crippen LogP contribution in [0, 0.1) is 6.92 Å². The van der Waals surface area contributed by atoms with E-state index < -0.39 is 11.1 Å². The van der Waals surface area contributed by atoms with Gasteiger partial charge in [-0.3, -0.25) is 0 Å². The number of aliphatic hydroxyl groups is 1. The van der Waals surface area contributed by atoms with Crippen LogP contribution in [0.15, 0.2) is 4.52 Å². The van der Waals surface area contributed by atoms with E-state index in [-0.39, 0.29) is 0 Å². The first kappa shape index (κ1) is 12.1. The number of nitrogens with zero attached hydrogens (tertiary/aromatic N) is 2. The Kier molecular flexibility index (Phi) is 3.16. The van der Waals surface area contributed by atoms with E-state index in [2.05, 4.69) is 15.5 Å². The van der Waals surface area contributed by atoms with E-state index in [0.717, 1.165) is 0 Å². The van der Waals surface area contributed by atoms with Gasteiger partial charge in [0.25, 0.3) is 0 Å². The highest BCUT2D eigenvalue weighted by molar-refractivity contribution is 4.95. The van der Waals surface area contributed by atoms with E-state index in [0.29, 0.717) is 18.3 Å². The van der Waals surface area contributed by atoms with Gasteiger partial charge in [0.15, 0.2) is 5.82 Å². The van der Waals surface area contributed by atoms with Crippen LogP contribution in [-0.4, -0.2) is 26.4 Å². The number of hydrogen-bond donors (Lipinski definition) is 2. The van der Waals surface area contributed by atoms with Gasteiger partial charge < -0.3 is 14.9 Å². The summed E-state index contributed by atoms with van der Waals surface area (Å²) in [7, 11) is 0. The third kappa shape index (κ3) is 3.00. The van der Waals surface area contributed by atoms with E-state index in [4.69, 9.17) is 4.52 Å². The maximum Gasteiger partial charge on any atom is 0.223 e. The average molecular weight is 213 g/mol. The van der Waals surface area contributed by atoms with Crippen LogP contribution in [0.25, 0.3) is 0 Å². The minimum atomic E-state index is -0.814. The van der Waals surface area contributed by atoms with Crippen molar-refractivity contribution in [2.24, 2.45) is 0 Å². The normalized spacial score (nSPS) is 13.2. The summed E-state index contributed by atoms with van der Waals surface area (Å²) < 4.78 is 4.85. The molecule has 0 aliphatic rings. The van der Waals surface area contributed by atoms with Crippen LogP contribution >= 0.6 is 0 Å². The average Bonchev–Trinajstić information content (AvgIpc) is 2.46. The van der Waals surface area contributed by atoms with Gasteiger partial charge >= 0.3 is 0 Å². The second-order valence-electron chi connectivity index (χ2n) is 4.77. The summed E-state index contributed by atoms with van der Waals surface area (Å²) in [6.45, 7) is 9.62. The molecule has 0 amide bonds. The monoisotopic (exact) mass is 213 g/mol. The van der Waals surface area contributed by atoms with Crippen LogP contribution in [0.2, 0.25) is 0 Å². The van der Waals surface area contributed by atoms with Gasteiger partial charge in [0.05, 0.1) is 12.1 Å². The van der Waals surface area contributed by atoms with Gasteiger partial charge in [-0.25, -0.2) is 0 Å². The van der Waals surface area contributed by atoms with Crippen molar-refractivity contribution in [2.45, 2.75) is 52.3 Å². The third-order valence-corrected chi connectivity index (χ3v) is 2.79. The van der Waals surface area contributed by atoms with Gasteiger partial charge in [-0.2, -0.15) is 4.98 Å². The summed E-state index contributed by atoms with van der Waals surface area (Å²) in [4.78, 5) is 4.07. The Morgan fingerprint density at radius 2 is 1.93 bits per heavy atom. The molecule has 1 heterocycles. The molecule has 0 saturated heterocycles. The van der Waals surface area contributed by atoms with Crippen molar-refractivity contribution in [3.8, 4) is 0 Å². The molecule has 0 fully saturated rings. The fourth-order valence-corrected chi connectivity index (χ4v) is 0.929. The molecule has 5 heteroatoms. The van der Waals surface area contributed by atoms with Crippen molar-refractivity contribution < 1.29 is 9.63 Å². The first-order chi connectivity index (χ1) is 6.72. The topological polar surface area (TPSA) is 71.2 Å². The molecule has 0 aliphatic carbocycles. The van der Waals surface area contributed by atoms with Gasteiger partial charge in [-0.05, 0) is 27.7 Å². The summed E-state index contributed by atoms with van der Waals surface area (Å²) in [5.74, 6) is 1.15. The molecule has 1 aromatic heterocycles. The smallest absolute Gasteiger partial charge is 0.223 e. The molecule has 0 radical (unpaired) electrons. The molecule has 0 unspecified atom stereocenters. The van der Waals surface area contributed by atoms with Crippen molar-refractivity contribution >= 4 is 0 Å². The van der Waals surface area contributed by atoms with Crippen molar-refractivity contribution in [1.82, 2.24) is 15.5 Å². The third-order valence-electron chi connectivity index (χ3n) is 2.79. The van der Waals surface area contributed by atoms with Crippen LogP contribution in [0.4, 0.5) is 0 Å². The number of nitrogens with one attached hydrogen (secondary N) is 1. The summed E-state index contributed by atoms with van der Waals surface area (Å²) in [5.41, 5.74) is -1.23. The molecule has 0 aromatic carbocycles. The lowest BCUT2D eigenvalue weighted by molar-refractivity contribution is -0.00567. The van der Waals surface area contributed by atoms with Crippen LogP contribution in [0.1, 0.15) is 39.4 Å². The molecule has 1 aromatic rings. The van der Waals surface area contributed by atoms with E-state index in [1.165, 1.54) is 0 Å². The van der Waals surface area contributed by atoms with E-state index >= 15 is 0 Å². The lowest BCUT2D eigenvalue weighted by Crippen LogP contribution is -2.55. The Bertz CT molecular complexity index is 326. The maximum atomic E-state index is 9.90. The quantitative estimate of drug-likeness (QED) is 0.781. The zero-order chi connectivity index (χ0) is 11.7. The van der Waals surface area contributed by atoms with Crippen LogP contribution in [0.3, 0.4) is 0 Å². The van der Waals surface area contributed by atoms with E-state index in [1.54, 1.807) is 20.8 Å². The Balaban J connectivity index is 2.57. The molecule has 0 saturated carbocycles. The zero-order valence-electron chi connectivity index (χ0n) is 9.96. The standard InChI is InChI=1S/C10H19N3O2/c1-7-12-8(13-15-7)6-11-9(2,3)10(4,5)14/h11,14H,6H2,1-5H3. The number of hydrogen-bond acceptors (Lipinski definition) is 5. The summed E-state index contributed by atoms with van der Waals surface area (Å²) >= 11 is 0. The van der Waals surface area contributed by atoms with Gasteiger partial charge in [-0.1, -0.05) is 5.16 Å². The first-order valence-electron chi connectivity index (χ1n) is 4.99. The number of aromatic nitrogens is 2. The lowest BCUT2D eigenvalue weighted by Gasteiger charge is -2.37. The van der Waals surface area contributed by atoms with Crippen LogP contribution in [0.5, 0.6) is 0 Å². The number of aryl methyl sites for hydroxylation is 1. The van der Waals surface area contributed by atoms with Gasteiger partial charge in [0, 0.05) is 12.5 Å². The fourth-order valence-electron chi connectivity index (χ4n) is 0.929. The van der Waals surface area contributed by atoms with Crippen molar-refractivity contribution in [2.75, 3.05) is 0 Å². The minimum Gasteiger partial charge on any atom is -0.389 e. The molecule has 5 nitrogen and oxygen atoms in total. The number of rotatable bonds is 4. The summed E-state index contributed by atoms with van der Waals surface area (Å²) in [6, 6.07) is 0. The van der Waals surface area contributed by atoms with Crippen molar-refractivity contribution in [3.63, 3.8) is 0 Å². The van der Waals surface area contributed by atoms with Gasteiger partial charge in [0.2, 0.25) is 5.89 Å². The Morgan fingerprint density at radius 1 is 1.33 bits per heavy atom. The SMILES string of the molecule is Cc1nc(CNC(C)(C)C(C)(C)O)no1. The molecule has 0 spiro atoms. The maximum absolute atomic E-state index is 9.90. The molecule has 15 heavy (non-hydrogen) atoms. The summed E-state index contributed by atoms with van der Waals surface area (Å²) in [6.07, 6.45) is 0. The lowest BCUT2D eigenvalue weighted by atomic mass is 9.86. The molecular formula is C10H19N3O2. The second kappa shape index (κ2) is 3.90. The molecule has 0 bridgehead atoms. The predicted molar refractivity (Wildman–Crippen MR) is 56.3 cm³/mol.